The fourth-order valence-corrected chi connectivity index (χ4v) is 3.12. The van der Waals surface area contributed by atoms with Crippen LogP contribution in [0.15, 0.2) is 19.6 Å². The molecule has 0 aliphatic carbocycles. The summed E-state index contributed by atoms with van der Waals surface area (Å²) in [6.45, 7) is 2.17. The maximum absolute atomic E-state index is 10.9. The fraction of sp³-hybridized carbons (Fsp3) is 0.667. The van der Waals surface area contributed by atoms with E-state index in [2.05, 4.69) is 6.92 Å². The van der Waals surface area contributed by atoms with Crippen molar-refractivity contribution in [1.29, 1.82) is 0 Å². The molecule has 0 aromatic heterocycles. The van der Waals surface area contributed by atoms with E-state index in [4.69, 9.17) is 46.4 Å². The van der Waals surface area contributed by atoms with Crippen LogP contribution in [-0.4, -0.2) is 10.7 Å². The number of rotatable bonds is 10. The van der Waals surface area contributed by atoms with E-state index in [1.165, 1.54) is 37.4 Å². The standard InChI is InChI=1S/C12H17Cl4NO2S/c1-2-3-4-5-6-7-8-20-12(16)10(17(18)19)9(13)11(14)15/h2-8H2,1H3. The van der Waals surface area contributed by atoms with Crippen LogP contribution in [-0.2, 0) is 0 Å². The lowest BCUT2D eigenvalue weighted by Crippen LogP contribution is -2.01. The molecule has 0 unspecified atom stereocenters. The minimum absolute atomic E-state index is 0.00681. The van der Waals surface area contributed by atoms with Gasteiger partial charge in [0.2, 0.25) is 0 Å². The molecule has 0 fully saturated rings. The van der Waals surface area contributed by atoms with E-state index in [0.717, 1.165) is 12.8 Å². The molecule has 0 saturated carbocycles. The van der Waals surface area contributed by atoms with Gasteiger partial charge in [0.1, 0.15) is 4.49 Å². The van der Waals surface area contributed by atoms with Crippen molar-refractivity contribution in [3.05, 3.63) is 29.7 Å². The number of nitro groups is 1. The molecule has 0 aliphatic rings. The maximum Gasteiger partial charge on any atom is 0.315 e. The Balaban J connectivity index is 4.32. The summed E-state index contributed by atoms with van der Waals surface area (Å²) in [5.41, 5.74) is -0.440. The highest BCUT2D eigenvalue weighted by molar-refractivity contribution is 8.04. The highest BCUT2D eigenvalue weighted by Crippen LogP contribution is 2.34. The van der Waals surface area contributed by atoms with Gasteiger partial charge < -0.3 is 0 Å². The Morgan fingerprint density at radius 3 is 2.10 bits per heavy atom. The number of unbranched alkanes of at least 4 members (excludes halogenated alkanes) is 5. The molecule has 0 N–H and O–H groups in total. The van der Waals surface area contributed by atoms with E-state index >= 15 is 0 Å². The number of hydrogen-bond donors (Lipinski definition) is 0. The lowest BCUT2D eigenvalue weighted by atomic mass is 10.1. The normalized spacial score (nSPS) is 12.1. The summed E-state index contributed by atoms with van der Waals surface area (Å²) in [6, 6.07) is 0. The van der Waals surface area contributed by atoms with E-state index < -0.39 is 10.6 Å². The summed E-state index contributed by atoms with van der Waals surface area (Å²) in [5, 5.41) is 10.6. The third-order valence-corrected chi connectivity index (χ3v) is 4.85. The smallest absolute Gasteiger partial charge is 0.258 e. The summed E-state index contributed by atoms with van der Waals surface area (Å²) in [6.07, 6.45) is 6.89. The highest BCUT2D eigenvalue weighted by atomic mass is 35.5. The first-order valence-electron chi connectivity index (χ1n) is 6.29. The van der Waals surface area contributed by atoms with E-state index in [1.54, 1.807) is 0 Å². The van der Waals surface area contributed by atoms with Crippen molar-refractivity contribution in [1.82, 2.24) is 0 Å². The zero-order chi connectivity index (χ0) is 15.5. The van der Waals surface area contributed by atoms with Crippen molar-refractivity contribution in [2.45, 2.75) is 45.4 Å². The second kappa shape index (κ2) is 12.0. The van der Waals surface area contributed by atoms with Crippen LogP contribution in [0.3, 0.4) is 0 Å². The minimum Gasteiger partial charge on any atom is -0.258 e. The molecular formula is C12H17Cl4NO2S. The molecule has 0 aromatic rings. The number of thioether (sulfide) groups is 1. The lowest BCUT2D eigenvalue weighted by molar-refractivity contribution is -0.419. The number of nitrogens with zero attached hydrogens (tertiary/aromatic N) is 1. The number of halogens is 4. The van der Waals surface area contributed by atoms with Gasteiger partial charge in [-0.15, -0.1) is 11.8 Å². The van der Waals surface area contributed by atoms with E-state index in [9.17, 15) is 10.1 Å². The van der Waals surface area contributed by atoms with Gasteiger partial charge in [0.25, 0.3) is 0 Å². The van der Waals surface area contributed by atoms with Crippen molar-refractivity contribution >= 4 is 58.2 Å². The van der Waals surface area contributed by atoms with Crippen LogP contribution >= 0.6 is 58.2 Å². The monoisotopic (exact) mass is 379 g/mol. The Kier molecular flexibility index (Phi) is 12.2. The lowest BCUT2D eigenvalue weighted by Gasteiger charge is -2.03. The van der Waals surface area contributed by atoms with Crippen LogP contribution in [0.2, 0.25) is 0 Å². The van der Waals surface area contributed by atoms with E-state index in [-0.39, 0.29) is 13.9 Å². The molecule has 20 heavy (non-hydrogen) atoms. The Bertz CT molecular complexity index is 382. The average Bonchev–Trinajstić information content (AvgIpc) is 2.37. The molecule has 0 radical (unpaired) electrons. The molecule has 0 heterocycles. The summed E-state index contributed by atoms with van der Waals surface area (Å²) in [4.78, 5) is 10.2. The zero-order valence-corrected chi connectivity index (χ0v) is 15.0. The third-order valence-electron chi connectivity index (χ3n) is 2.47. The molecule has 0 spiro atoms. The first-order valence-corrected chi connectivity index (χ1v) is 8.79. The van der Waals surface area contributed by atoms with Gasteiger partial charge in [-0.2, -0.15) is 0 Å². The summed E-state index contributed by atoms with van der Waals surface area (Å²) in [5.74, 6) is 0.701. The molecule has 0 saturated heterocycles. The Morgan fingerprint density at radius 1 is 1.05 bits per heavy atom. The SMILES string of the molecule is CCCCCCCCSC(Cl)=C(C(Cl)=C(Cl)Cl)[N+](=O)[O-]. The Morgan fingerprint density at radius 2 is 1.60 bits per heavy atom. The van der Waals surface area contributed by atoms with E-state index in [1.807, 2.05) is 0 Å². The average molecular weight is 381 g/mol. The predicted molar refractivity (Wildman–Crippen MR) is 90.3 cm³/mol. The second-order valence-corrected chi connectivity index (χ2v) is 7.10. The van der Waals surface area contributed by atoms with Gasteiger partial charge in [-0.05, 0) is 12.2 Å². The van der Waals surface area contributed by atoms with Gasteiger partial charge in [-0.1, -0.05) is 85.4 Å². The first-order chi connectivity index (χ1) is 9.41. The molecular weight excluding hydrogens is 364 g/mol. The van der Waals surface area contributed by atoms with Crippen LogP contribution in [0.4, 0.5) is 0 Å². The molecule has 116 valence electrons. The molecule has 0 bridgehead atoms. The van der Waals surface area contributed by atoms with Gasteiger partial charge in [0.05, 0.1) is 4.92 Å². The quantitative estimate of drug-likeness (QED) is 0.184. The van der Waals surface area contributed by atoms with E-state index in [0.29, 0.717) is 5.75 Å². The molecule has 0 rings (SSSR count). The van der Waals surface area contributed by atoms with Crippen LogP contribution in [0, 0.1) is 10.1 Å². The topological polar surface area (TPSA) is 43.1 Å². The second-order valence-electron chi connectivity index (χ2n) is 4.07. The molecule has 8 heteroatoms. The van der Waals surface area contributed by atoms with Gasteiger partial charge in [0.15, 0.2) is 9.40 Å². The maximum atomic E-state index is 10.9. The summed E-state index contributed by atoms with van der Waals surface area (Å²) in [7, 11) is 0. The summed E-state index contributed by atoms with van der Waals surface area (Å²) < 4.78 is -0.357. The van der Waals surface area contributed by atoms with Gasteiger partial charge >= 0.3 is 5.70 Å². The molecule has 0 atom stereocenters. The first kappa shape index (κ1) is 20.4. The summed E-state index contributed by atoms with van der Waals surface area (Å²) >= 11 is 23.7. The fourth-order valence-electron chi connectivity index (χ4n) is 1.44. The Hall–Kier alpha value is 0.390. The minimum atomic E-state index is -0.677. The van der Waals surface area contributed by atoms with Gasteiger partial charge in [0, 0.05) is 0 Å². The predicted octanol–water partition coefficient (Wildman–Crippen LogP) is 6.65. The molecule has 0 amide bonds. The van der Waals surface area contributed by atoms with Crippen molar-refractivity contribution in [3.8, 4) is 0 Å². The molecule has 0 aromatic carbocycles. The van der Waals surface area contributed by atoms with Gasteiger partial charge in [-0.3, -0.25) is 10.1 Å². The van der Waals surface area contributed by atoms with Crippen LogP contribution in [0.1, 0.15) is 45.4 Å². The number of hydrogen-bond acceptors (Lipinski definition) is 3. The van der Waals surface area contributed by atoms with Crippen molar-refractivity contribution < 1.29 is 4.92 Å². The van der Waals surface area contributed by atoms with Crippen molar-refractivity contribution in [2.75, 3.05) is 5.75 Å². The molecule has 0 aliphatic heterocycles. The van der Waals surface area contributed by atoms with Crippen LogP contribution in [0.5, 0.6) is 0 Å². The highest BCUT2D eigenvalue weighted by Gasteiger charge is 2.24. The zero-order valence-electron chi connectivity index (χ0n) is 11.1. The largest absolute Gasteiger partial charge is 0.315 e. The Labute approximate surface area is 143 Å². The van der Waals surface area contributed by atoms with Crippen LogP contribution < -0.4 is 0 Å². The molecule has 3 nitrogen and oxygen atoms in total. The van der Waals surface area contributed by atoms with Crippen LogP contribution in [0.25, 0.3) is 0 Å². The van der Waals surface area contributed by atoms with Crippen molar-refractivity contribution in [2.24, 2.45) is 0 Å². The number of allylic oxidation sites excluding steroid dienone is 1. The van der Waals surface area contributed by atoms with Crippen molar-refractivity contribution in [3.63, 3.8) is 0 Å². The third kappa shape index (κ3) is 8.63. The van der Waals surface area contributed by atoms with Gasteiger partial charge in [-0.25, -0.2) is 0 Å².